The molecule has 2 rings (SSSR count). The molecule has 0 atom stereocenters. The number of halogens is 2. The number of nitrogens with zero attached hydrogens (tertiary/aromatic N) is 3. The zero-order valence-electron chi connectivity index (χ0n) is 12.4. The normalized spacial score (nSPS) is 10.7. The van der Waals surface area contributed by atoms with Crippen molar-refractivity contribution in [1.82, 2.24) is 15.5 Å². The third kappa shape index (κ3) is 3.76. The number of rotatable bonds is 4. The highest BCUT2D eigenvalue weighted by atomic mass is 19.1. The molecule has 0 unspecified atom stereocenters. The molecule has 0 radical (unpaired) electrons. The highest BCUT2D eigenvalue weighted by Gasteiger charge is 2.15. The van der Waals surface area contributed by atoms with Crippen molar-refractivity contribution in [3.63, 3.8) is 0 Å². The smallest absolute Gasteiger partial charge is 0.276 e. The van der Waals surface area contributed by atoms with Gasteiger partial charge >= 0.3 is 0 Å². The van der Waals surface area contributed by atoms with E-state index in [1.54, 1.807) is 0 Å². The van der Waals surface area contributed by atoms with E-state index in [4.69, 9.17) is 5.21 Å². The molecule has 0 bridgehead atoms. The van der Waals surface area contributed by atoms with Crippen LogP contribution in [0.1, 0.15) is 26.3 Å². The fraction of sp³-hybridized carbons (Fsp3) is 0.0667. The van der Waals surface area contributed by atoms with E-state index in [0.29, 0.717) is 0 Å². The van der Waals surface area contributed by atoms with Crippen molar-refractivity contribution in [3.8, 4) is 0 Å². The van der Waals surface area contributed by atoms with Gasteiger partial charge in [-0.05, 0) is 24.3 Å². The molecule has 0 aliphatic rings. The topological polar surface area (TPSA) is 94.9 Å². The first-order chi connectivity index (χ1) is 11.4. The molecule has 24 heavy (non-hydrogen) atoms. The molecule has 2 aromatic rings. The molecule has 124 valence electrons. The summed E-state index contributed by atoms with van der Waals surface area (Å²) in [7, 11) is 1.28. The van der Waals surface area contributed by atoms with Gasteiger partial charge in [0.25, 0.3) is 11.8 Å². The molecule has 0 aliphatic heterocycles. The summed E-state index contributed by atoms with van der Waals surface area (Å²) >= 11 is 0. The molecular formula is C15H12F2N4O3. The first-order valence-corrected chi connectivity index (χ1v) is 6.59. The number of hydrogen-bond acceptors (Lipinski definition) is 5. The lowest BCUT2D eigenvalue weighted by Gasteiger charge is -2.11. The molecule has 9 heteroatoms. The number of benzene rings is 1. The van der Waals surface area contributed by atoms with E-state index in [-0.39, 0.29) is 16.7 Å². The van der Waals surface area contributed by atoms with Gasteiger partial charge in [0.15, 0.2) is 5.82 Å². The summed E-state index contributed by atoms with van der Waals surface area (Å²) in [6, 6.07) is 4.61. The Labute approximate surface area is 135 Å². The van der Waals surface area contributed by atoms with Gasteiger partial charge < -0.3 is 0 Å². The van der Waals surface area contributed by atoms with Crippen LogP contribution in [0.3, 0.4) is 0 Å². The predicted molar refractivity (Wildman–Crippen MR) is 79.5 cm³/mol. The maximum absolute atomic E-state index is 13.9. The van der Waals surface area contributed by atoms with E-state index in [2.05, 4.69) is 10.1 Å². The second-order valence-electron chi connectivity index (χ2n) is 4.61. The highest BCUT2D eigenvalue weighted by molar-refractivity contribution is 5.96. The Morgan fingerprint density at radius 1 is 1.29 bits per heavy atom. The van der Waals surface area contributed by atoms with E-state index >= 15 is 0 Å². The fourth-order valence-corrected chi connectivity index (χ4v) is 1.76. The summed E-state index contributed by atoms with van der Waals surface area (Å²) in [6.07, 6.45) is 3.21. The molecule has 0 aliphatic carbocycles. The number of hydroxylamine groups is 1. The van der Waals surface area contributed by atoms with Crippen LogP contribution in [0.4, 0.5) is 8.78 Å². The van der Waals surface area contributed by atoms with E-state index in [9.17, 15) is 18.4 Å². The van der Waals surface area contributed by atoms with E-state index in [0.717, 1.165) is 23.5 Å². The Balaban J connectivity index is 2.17. The van der Waals surface area contributed by atoms with Crippen LogP contribution in [0.15, 0.2) is 41.8 Å². The van der Waals surface area contributed by atoms with Gasteiger partial charge in [-0.3, -0.25) is 19.8 Å². The average Bonchev–Trinajstić information content (AvgIpc) is 2.59. The molecule has 0 saturated carbocycles. The predicted octanol–water partition coefficient (Wildman–Crippen LogP) is 1.58. The summed E-state index contributed by atoms with van der Waals surface area (Å²) < 4.78 is 27.4. The Morgan fingerprint density at radius 3 is 2.67 bits per heavy atom. The van der Waals surface area contributed by atoms with Crippen LogP contribution in [0.25, 0.3) is 0 Å². The van der Waals surface area contributed by atoms with Crippen molar-refractivity contribution in [1.29, 1.82) is 0 Å². The molecule has 0 spiro atoms. The quantitative estimate of drug-likeness (QED) is 0.504. The Morgan fingerprint density at radius 2 is 2.04 bits per heavy atom. The molecule has 2 amide bonds. The van der Waals surface area contributed by atoms with Gasteiger partial charge in [-0.2, -0.15) is 5.10 Å². The van der Waals surface area contributed by atoms with Gasteiger partial charge in [-0.25, -0.2) is 19.3 Å². The molecular weight excluding hydrogens is 322 g/mol. The number of hydrogen-bond donors (Lipinski definition) is 2. The number of hydrazone groups is 1. The van der Waals surface area contributed by atoms with E-state index < -0.39 is 23.4 Å². The van der Waals surface area contributed by atoms with Gasteiger partial charge in [0, 0.05) is 24.4 Å². The third-order valence-corrected chi connectivity index (χ3v) is 3.03. The van der Waals surface area contributed by atoms with E-state index in [1.807, 2.05) is 0 Å². The third-order valence-electron chi connectivity index (χ3n) is 3.03. The van der Waals surface area contributed by atoms with Crippen LogP contribution in [-0.4, -0.2) is 40.3 Å². The number of carbonyl (C=O) groups excluding carboxylic acids is 2. The molecule has 7 nitrogen and oxygen atoms in total. The van der Waals surface area contributed by atoms with Crippen molar-refractivity contribution in [2.45, 2.75) is 0 Å². The Bertz CT molecular complexity index is 811. The minimum Gasteiger partial charge on any atom is -0.288 e. The number of carbonyl (C=O) groups is 2. The molecule has 2 N–H and O–H groups in total. The molecule has 0 fully saturated rings. The summed E-state index contributed by atoms with van der Waals surface area (Å²) in [5, 5.41) is 13.1. The van der Waals surface area contributed by atoms with Crippen molar-refractivity contribution in [3.05, 3.63) is 65.0 Å². The fourth-order valence-electron chi connectivity index (χ4n) is 1.76. The van der Waals surface area contributed by atoms with Crippen LogP contribution in [0, 0.1) is 11.6 Å². The van der Waals surface area contributed by atoms with Crippen LogP contribution < -0.4 is 5.48 Å². The molecule has 1 aromatic carbocycles. The second kappa shape index (κ2) is 7.38. The SMILES string of the molecule is CN(N=Cc1ccc(C(=O)NO)cc1F)C(=O)c1ccncc1F. The lowest BCUT2D eigenvalue weighted by Crippen LogP contribution is -2.22. The van der Waals surface area contributed by atoms with Gasteiger partial charge in [-0.15, -0.1) is 0 Å². The lowest BCUT2D eigenvalue weighted by atomic mass is 10.1. The van der Waals surface area contributed by atoms with Gasteiger partial charge in [0.05, 0.1) is 18.0 Å². The van der Waals surface area contributed by atoms with E-state index in [1.165, 1.54) is 36.9 Å². The maximum Gasteiger partial charge on any atom is 0.276 e. The molecule has 1 heterocycles. The summed E-state index contributed by atoms with van der Waals surface area (Å²) in [6.45, 7) is 0. The van der Waals surface area contributed by atoms with Crippen LogP contribution in [-0.2, 0) is 0 Å². The standard InChI is InChI=1S/C15H12F2N4O3/c1-21(15(23)11-4-5-18-8-13(11)17)19-7-10-3-2-9(6-12(10)16)14(22)20-24/h2-8,24H,1H3,(H,20,22). The maximum atomic E-state index is 13.9. The summed E-state index contributed by atoms with van der Waals surface area (Å²) in [5.41, 5.74) is 1.07. The van der Waals surface area contributed by atoms with Gasteiger partial charge in [-0.1, -0.05) is 0 Å². The van der Waals surface area contributed by atoms with Gasteiger partial charge in [0.1, 0.15) is 5.82 Å². The highest BCUT2D eigenvalue weighted by Crippen LogP contribution is 2.11. The van der Waals surface area contributed by atoms with Crippen LogP contribution >= 0.6 is 0 Å². The zero-order chi connectivity index (χ0) is 17.7. The zero-order valence-corrected chi connectivity index (χ0v) is 12.4. The van der Waals surface area contributed by atoms with Crippen molar-refractivity contribution >= 4 is 18.0 Å². The van der Waals surface area contributed by atoms with Gasteiger partial charge in [0.2, 0.25) is 0 Å². The van der Waals surface area contributed by atoms with Crippen LogP contribution in [0.5, 0.6) is 0 Å². The monoisotopic (exact) mass is 334 g/mol. The number of nitrogens with one attached hydrogen (secondary N) is 1. The van der Waals surface area contributed by atoms with Crippen molar-refractivity contribution in [2.75, 3.05) is 7.05 Å². The largest absolute Gasteiger partial charge is 0.288 e. The number of pyridine rings is 1. The van der Waals surface area contributed by atoms with Crippen molar-refractivity contribution < 1.29 is 23.6 Å². The summed E-state index contributed by atoms with van der Waals surface area (Å²) in [5.74, 6) is -3.17. The van der Waals surface area contributed by atoms with Crippen molar-refractivity contribution in [2.24, 2.45) is 5.10 Å². The minimum absolute atomic E-state index is 0.000611. The minimum atomic E-state index is -0.863. The molecule has 0 saturated heterocycles. The second-order valence-corrected chi connectivity index (χ2v) is 4.61. The Kier molecular flexibility index (Phi) is 5.27. The average molecular weight is 334 g/mol. The first-order valence-electron chi connectivity index (χ1n) is 6.59. The molecule has 1 aromatic heterocycles. The Hall–Kier alpha value is -3.20. The number of amides is 2. The number of aromatic nitrogens is 1. The van der Waals surface area contributed by atoms with Crippen LogP contribution in [0.2, 0.25) is 0 Å². The lowest BCUT2D eigenvalue weighted by molar-refractivity contribution is 0.0705. The summed E-state index contributed by atoms with van der Waals surface area (Å²) in [4.78, 5) is 26.7. The first kappa shape index (κ1) is 17.2.